The minimum Gasteiger partial charge on any atom is -0.457 e. The van der Waals surface area contributed by atoms with Gasteiger partial charge in [0.1, 0.15) is 31.6 Å². The van der Waals surface area contributed by atoms with Gasteiger partial charge < -0.3 is 31.5 Å². The topological polar surface area (TPSA) is 505 Å². The molecular weight excluding hydrogens is 1230 g/mol. The third kappa shape index (κ3) is 34.2. The summed E-state index contributed by atoms with van der Waals surface area (Å²) in [5.41, 5.74) is 7.58. The molecule has 0 fully saturated rings. The zero-order chi connectivity index (χ0) is 52.0. The van der Waals surface area contributed by atoms with Crippen molar-refractivity contribution in [1.29, 1.82) is 0 Å². The molecule has 0 saturated heterocycles. The molecule has 75 heavy (non-hydrogen) atoms. The maximum Gasteiger partial charge on any atom is 2.00 e. The van der Waals surface area contributed by atoms with Crippen LogP contribution in [0.25, 0.3) is 22.1 Å². The van der Waals surface area contributed by atoms with Crippen molar-refractivity contribution in [2.75, 3.05) is 0 Å². The van der Waals surface area contributed by atoms with E-state index < -0.39 is 20.5 Å². The number of Topliss-reactive ketones (excluding diaryl/α,β-unsaturated/α-hetero) is 2. The number of carbonyl (C=O) groups is 2. The van der Waals surface area contributed by atoms with Crippen LogP contribution in [-0.4, -0.2) is 72.3 Å². The number of aromatic nitrogens is 12. The minimum absolute atomic E-state index is 0. The Morgan fingerprint density at radius 3 is 0.693 bits per heavy atom. The maximum absolute atomic E-state index is 9.44. The Labute approximate surface area is 475 Å². The zero-order valence-electron chi connectivity index (χ0n) is 40.5. The Kier molecular flexibility index (Phi) is 38.8. The fourth-order valence-electron chi connectivity index (χ4n) is 4.48. The summed E-state index contributed by atoms with van der Waals surface area (Å²) in [6.07, 6.45) is 0. The largest absolute Gasteiger partial charge is 2.00 e. The predicted octanol–water partition coefficient (Wildman–Crippen LogP) is -2.94. The van der Waals surface area contributed by atoms with E-state index >= 15 is 0 Å². The summed E-state index contributed by atoms with van der Waals surface area (Å²) in [7, 11) is -9.89. The first-order chi connectivity index (χ1) is 32.8. The average molecular weight is 1290 g/mol. The van der Waals surface area contributed by atoms with Crippen molar-refractivity contribution in [3.05, 3.63) is 91.3 Å². The standard InChI is InChI=1S/2C16H14N6S4.2C3H6O.2ClHO4.Ni.4H2O/c2*1-9-19-21-15(25-9)23-7-13-14(8-24-16-22-20-10(2)26-16)18-12-6-4-3-5-11(12)17-13;2*1-3(2)4;2*2-1(3,4)5;;;;;/h2*3-6H,7-8H2,1-2H3;2*1-2H3;2*(H,2,3,4,5);;4*1H2/q;;;;;;+2;;;;/p+2. The fraction of sp³-hybridized carbons (Fsp3) is 0.316. The van der Waals surface area contributed by atoms with E-state index in [-0.39, 0.29) is 50.0 Å². The number of benzene rings is 2. The molecule has 0 radical (unpaired) electrons. The minimum atomic E-state index is -4.94. The smallest absolute Gasteiger partial charge is 0.457 e. The van der Waals surface area contributed by atoms with E-state index in [9.17, 15) is 9.59 Å². The summed E-state index contributed by atoms with van der Waals surface area (Å²) >= 11 is 13.0. The third-order valence-electron chi connectivity index (χ3n) is 6.81. The molecule has 12 N–H and O–H groups in total. The quantitative estimate of drug-likeness (QED) is 0.0671. The molecule has 0 unspecified atom stereocenters. The van der Waals surface area contributed by atoms with Crippen molar-refractivity contribution in [2.45, 2.75) is 95.8 Å². The molecule has 8 aromatic rings. The number of aryl methyl sites for hydroxylation is 4. The van der Waals surface area contributed by atoms with Crippen molar-refractivity contribution < 1.29 is 106 Å². The number of hydrogen-bond donors (Lipinski definition) is 0. The summed E-state index contributed by atoms with van der Waals surface area (Å²) in [6, 6.07) is 15.9. The second kappa shape index (κ2) is 38.3. The van der Waals surface area contributed by atoms with E-state index in [1.807, 2.05) is 76.2 Å². The molecule has 26 nitrogen and oxygen atoms in total. The molecule has 0 bridgehead atoms. The van der Waals surface area contributed by atoms with Crippen LogP contribution in [0.2, 0.25) is 0 Å². The van der Waals surface area contributed by atoms with Crippen molar-refractivity contribution >= 4 is 126 Å². The van der Waals surface area contributed by atoms with Crippen LogP contribution in [0.3, 0.4) is 0 Å². The monoisotopic (exact) mass is 1280 g/mol. The number of rotatable bonds is 12. The first-order valence-electron chi connectivity index (χ1n) is 19.2. The SMILES string of the molecule is CC(C)=O.CC(C)=O.Cc1nnc(SCc2nc3ccccc3nc2CSc2nnc(C)s2)s1.Cc1nnc(SCc2nc3ccccc3nc2CSc2nnc(C)s2)s1.[Ni+2].[O-][Cl+3]([O-])([O-])[O-].[O-][Cl+3]([O-])([O-])[O-].[OH3+].[OH3+].[OH3+].[OH3+]. The molecule has 2 aromatic carbocycles. The number of hydrogen-bond acceptors (Lipinski definition) is 30. The van der Waals surface area contributed by atoms with Gasteiger partial charge in [-0.3, -0.25) is 0 Å². The Bertz CT molecular complexity index is 2520. The van der Waals surface area contributed by atoms with Crippen LogP contribution in [0.1, 0.15) is 70.5 Å². The Morgan fingerprint density at radius 2 is 0.560 bits per heavy atom. The van der Waals surface area contributed by atoms with Gasteiger partial charge in [-0.25, -0.2) is 57.2 Å². The van der Waals surface area contributed by atoms with Crippen molar-refractivity contribution in [2.24, 2.45) is 0 Å². The Hall–Kier alpha value is -3.31. The van der Waals surface area contributed by atoms with Crippen molar-refractivity contribution in [1.82, 2.24) is 60.7 Å². The summed E-state index contributed by atoms with van der Waals surface area (Å²) < 4.78 is 71.8. The van der Waals surface area contributed by atoms with Crippen LogP contribution in [-0.2, 0) is 71.0 Å². The fourth-order valence-corrected chi connectivity index (χ4v) is 11.6. The average Bonchev–Trinajstić information content (AvgIpc) is 4.08. The van der Waals surface area contributed by atoms with Crippen LogP contribution in [0.5, 0.6) is 0 Å². The first-order valence-corrected chi connectivity index (χ1v) is 28.9. The first kappa shape index (κ1) is 75.9. The molecular formula is C38H52Cl2N12NiO14S8+4. The third-order valence-corrected chi connectivity index (χ3v) is 14.7. The number of para-hydroxylation sites is 4. The Morgan fingerprint density at radius 1 is 0.400 bits per heavy atom. The predicted molar refractivity (Wildman–Crippen MR) is 268 cm³/mol. The molecule has 0 aliphatic rings. The number of fused-ring (bicyclic) bond motifs is 2. The molecule has 0 atom stereocenters. The zero-order valence-corrected chi connectivity index (χ0v) is 49.6. The van der Waals surface area contributed by atoms with Gasteiger partial charge in [-0.05, 0) is 79.7 Å². The molecule has 6 heterocycles. The molecule has 0 aliphatic heterocycles. The Balaban J connectivity index is -0.000000995. The molecule has 0 spiro atoms. The van der Waals surface area contributed by atoms with Gasteiger partial charge in [0.15, 0.2) is 17.4 Å². The molecule has 416 valence electrons. The molecule has 0 amide bonds. The van der Waals surface area contributed by atoms with E-state index in [4.69, 9.17) is 57.2 Å². The molecule has 8 rings (SSSR count). The van der Waals surface area contributed by atoms with Gasteiger partial charge in [0, 0.05) is 23.0 Å². The van der Waals surface area contributed by atoms with E-state index in [1.165, 1.54) is 27.7 Å². The second-order valence-corrected chi connectivity index (χ2v) is 24.4. The number of nitrogens with zero attached hydrogens (tertiary/aromatic N) is 12. The van der Waals surface area contributed by atoms with Gasteiger partial charge in [0.05, 0.1) is 44.8 Å². The number of ketones is 2. The molecule has 0 saturated carbocycles. The van der Waals surface area contributed by atoms with E-state index in [1.54, 1.807) is 92.4 Å². The van der Waals surface area contributed by atoms with E-state index in [0.717, 1.165) is 105 Å². The summed E-state index contributed by atoms with van der Waals surface area (Å²) in [4.78, 5) is 38.3. The van der Waals surface area contributed by atoms with E-state index in [2.05, 4.69) is 40.8 Å². The molecule has 6 aromatic heterocycles. The van der Waals surface area contributed by atoms with Gasteiger partial charge in [-0.15, -0.1) is 61.3 Å². The van der Waals surface area contributed by atoms with Crippen molar-refractivity contribution in [3.63, 3.8) is 0 Å². The summed E-state index contributed by atoms with van der Waals surface area (Å²) in [6.45, 7) is 14.0. The van der Waals surface area contributed by atoms with Crippen LogP contribution in [0.4, 0.5) is 0 Å². The number of thioether (sulfide) groups is 4. The van der Waals surface area contributed by atoms with Crippen LogP contribution < -0.4 is 37.3 Å². The maximum atomic E-state index is 9.44. The van der Waals surface area contributed by atoms with Crippen LogP contribution >= 0.6 is 92.4 Å². The van der Waals surface area contributed by atoms with Gasteiger partial charge in [-0.2, -0.15) is 0 Å². The molecule has 0 aliphatic carbocycles. The van der Waals surface area contributed by atoms with E-state index in [0.29, 0.717) is 0 Å². The second-order valence-electron chi connectivity index (χ2n) is 13.3. The van der Waals surface area contributed by atoms with Crippen LogP contribution in [0.15, 0.2) is 65.9 Å². The summed E-state index contributed by atoms with van der Waals surface area (Å²) in [5.74, 6) is 3.21. The van der Waals surface area contributed by atoms with Gasteiger partial charge in [-0.1, -0.05) is 117 Å². The van der Waals surface area contributed by atoms with Crippen LogP contribution in [0, 0.1) is 48.2 Å². The summed E-state index contributed by atoms with van der Waals surface area (Å²) in [5, 5.41) is 36.9. The molecule has 37 heteroatoms. The number of carbonyl (C=O) groups excluding carboxylic acids is 2. The van der Waals surface area contributed by atoms with Crippen molar-refractivity contribution in [3.8, 4) is 0 Å². The normalized spacial score (nSPS) is 10.1. The van der Waals surface area contributed by atoms with Gasteiger partial charge in [0.25, 0.3) is 0 Å². The number of halogens is 2. The van der Waals surface area contributed by atoms with Gasteiger partial charge >= 0.3 is 16.5 Å². The van der Waals surface area contributed by atoms with Gasteiger partial charge in [0.2, 0.25) is 0 Å².